The highest BCUT2D eigenvalue weighted by molar-refractivity contribution is 9.10. The summed E-state index contributed by atoms with van der Waals surface area (Å²) in [4.78, 5) is 14.3. The Kier molecular flexibility index (Phi) is 4.70. The summed E-state index contributed by atoms with van der Waals surface area (Å²) in [6, 6.07) is 6.27. The van der Waals surface area contributed by atoms with E-state index < -0.39 is 5.54 Å². The lowest BCUT2D eigenvalue weighted by Gasteiger charge is -2.43. The number of amides is 1. The highest BCUT2D eigenvalue weighted by atomic mass is 79.9. The van der Waals surface area contributed by atoms with E-state index in [9.17, 15) is 4.79 Å². The summed E-state index contributed by atoms with van der Waals surface area (Å²) in [6.07, 6.45) is 0. The van der Waals surface area contributed by atoms with Gasteiger partial charge in [0, 0.05) is 29.8 Å². The van der Waals surface area contributed by atoms with Gasteiger partial charge in [-0.3, -0.25) is 4.79 Å². The molecule has 0 spiro atoms. The lowest BCUT2D eigenvalue weighted by Crippen LogP contribution is -2.62. The van der Waals surface area contributed by atoms with E-state index in [4.69, 9.17) is 0 Å². The molecule has 1 aliphatic heterocycles. The molecule has 0 atom stereocenters. The molecule has 0 aliphatic carbocycles. The number of benzene rings is 1. The van der Waals surface area contributed by atoms with Crippen LogP contribution in [0.25, 0.3) is 0 Å². The maximum atomic E-state index is 12.1. The van der Waals surface area contributed by atoms with Gasteiger partial charge in [-0.15, -0.1) is 0 Å². The predicted molar refractivity (Wildman–Crippen MR) is 86.0 cm³/mol. The number of nitrogens with zero attached hydrogens (tertiary/aromatic N) is 1. The Hall–Kier alpha value is -1.07. The van der Waals surface area contributed by atoms with Gasteiger partial charge < -0.3 is 15.5 Å². The van der Waals surface area contributed by atoms with Gasteiger partial charge in [0.15, 0.2) is 0 Å². The highest BCUT2D eigenvalue weighted by Gasteiger charge is 2.38. The van der Waals surface area contributed by atoms with Gasteiger partial charge in [0.25, 0.3) is 0 Å². The van der Waals surface area contributed by atoms with Gasteiger partial charge in [0.05, 0.1) is 0 Å². The van der Waals surface area contributed by atoms with Gasteiger partial charge in [0.1, 0.15) is 5.54 Å². The third-order valence-corrected chi connectivity index (χ3v) is 4.25. The van der Waals surface area contributed by atoms with Gasteiger partial charge >= 0.3 is 0 Å². The summed E-state index contributed by atoms with van der Waals surface area (Å²) in [5.74, 6) is 0.0816. The molecule has 5 heteroatoms. The number of halogens is 1. The second kappa shape index (κ2) is 6.14. The second-order valence-electron chi connectivity index (χ2n) is 5.52. The van der Waals surface area contributed by atoms with E-state index in [1.165, 1.54) is 5.56 Å². The fourth-order valence-electron chi connectivity index (χ4n) is 2.52. The topological polar surface area (TPSA) is 44.4 Å². The lowest BCUT2D eigenvalue weighted by molar-refractivity contribution is -0.126. The maximum Gasteiger partial charge on any atom is 0.245 e. The molecular weight excluding hydrogens is 318 g/mol. The Labute approximate surface area is 129 Å². The summed E-state index contributed by atoms with van der Waals surface area (Å²) in [5.41, 5.74) is 1.82. The van der Waals surface area contributed by atoms with Gasteiger partial charge in [-0.1, -0.05) is 28.9 Å². The standard InChI is InChI=1S/C15H22BrN3O/c1-4-17-10-11-5-6-12(16)9-13(11)19-8-7-18-14(20)15(19,2)3/h5-6,9,17H,4,7-8,10H2,1-3H3,(H,18,20). The fraction of sp³-hybridized carbons (Fsp3) is 0.533. The molecule has 2 rings (SSSR count). The Morgan fingerprint density at radius 3 is 2.90 bits per heavy atom. The number of rotatable bonds is 4. The quantitative estimate of drug-likeness (QED) is 0.884. The minimum Gasteiger partial charge on any atom is -0.355 e. The molecule has 0 unspecified atom stereocenters. The van der Waals surface area contributed by atoms with Gasteiger partial charge in [-0.05, 0) is 38.1 Å². The van der Waals surface area contributed by atoms with E-state index in [0.29, 0.717) is 6.54 Å². The van der Waals surface area contributed by atoms with Crippen LogP contribution in [0.15, 0.2) is 22.7 Å². The Balaban J connectivity index is 2.39. The van der Waals surface area contributed by atoms with Crippen LogP contribution in [0.3, 0.4) is 0 Å². The smallest absolute Gasteiger partial charge is 0.245 e. The van der Waals surface area contributed by atoms with Crippen LogP contribution < -0.4 is 15.5 Å². The second-order valence-corrected chi connectivity index (χ2v) is 6.44. The Bertz CT molecular complexity index is 502. The first-order valence-corrected chi connectivity index (χ1v) is 7.81. The molecule has 1 amide bonds. The monoisotopic (exact) mass is 339 g/mol. The van der Waals surface area contributed by atoms with Crippen molar-refractivity contribution in [3.05, 3.63) is 28.2 Å². The SMILES string of the molecule is CCNCc1ccc(Br)cc1N1CCNC(=O)C1(C)C. The minimum atomic E-state index is -0.528. The number of piperazine rings is 1. The van der Waals surface area contributed by atoms with Crippen LogP contribution >= 0.6 is 15.9 Å². The number of carbonyl (C=O) groups excluding carboxylic acids is 1. The fourth-order valence-corrected chi connectivity index (χ4v) is 2.87. The highest BCUT2D eigenvalue weighted by Crippen LogP contribution is 2.31. The molecule has 1 fully saturated rings. The zero-order chi connectivity index (χ0) is 14.8. The molecule has 1 saturated heterocycles. The Morgan fingerprint density at radius 1 is 1.45 bits per heavy atom. The van der Waals surface area contributed by atoms with Gasteiger partial charge in [-0.25, -0.2) is 0 Å². The van der Waals surface area contributed by atoms with E-state index >= 15 is 0 Å². The zero-order valence-electron chi connectivity index (χ0n) is 12.3. The largest absolute Gasteiger partial charge is 0.355 e. The molecule has 0 aromatic heterocycles. The third kappa shape index (κ3) is 2.99. The van der Waals surface area contributed by atoms with Crippen molar-refractivity contribution in [2.24, 2.45) is 0 Å². The molecule has 20 heavy (non-hydrogen) atoms. The van der Waals surface area contributed by atoms with Crippen LogP contribution in [0.2, 0.25) is 0 Å². The molecule has 4 nitrogen and oxygen atoms in total. The minimum absolute atomic E-state index is 0.0816. The average Bonchev–Trinajstić information content (AvgIpc) is 2.40. The average molecular weight is 340 g/mol. The van der Waals surface area contributed by atoms with Crippen LogP contribution in [0, 0.1) is 0 Å². The lowest BCUT2D eigenvalue weighted by atomic mass is 9.96. The Morgan fingerprint density at radius 2 is 2.20 bits per heavy atom. The normalized spacial score (nSPS) is 18.0. The number of carbonyl (C=O) groups is 1. The van der Waals surface area contributed by atoms with Crippen LogP contribution in [-0.4, -0.2) is 31.1 Å². The first-order chi connectivity index (χ1) is 9.46. The molecule has 0 radical (unpaired) electrons. The van der Waals surface area contributed by atoms with Crippen molar-refractivity contribution in [3.63, 3.8) is 0 Å². The van der Waals surface area contributed by atoms with Crippen LogP contribution in [0.4, 0.5) is 5.69 Å². The summed E-state index contributed by atoms with van der Waals surface area (Å²) >= 11 is 3.54. The molecule has 0 bridgehead atoms. The van der Waals surface area contributed by atoms with Crippen molar-refractivity contribution in [3.8, 4) is 0 Å². The molecule has 0 saturated carbocycles. The van der Waals surface area contributed by atoms with Crippen molar-refractivity contribution >= 4 is 27.5 Å². The number of anilines is 1. The molecular formula is C15H22BrN3O. The summed E-state index contributed by atoms with van der Waals surface area (Å²) in [5, 5.41) is 6.30. The molecule has 1 aromatic rings. The third-order valence-electron chi connectivity index (χ3n) is 3.76. The van der Waals surface area contributed by atoms with E-state index in [-0.39, 0.29) is 5.91 Å². The zero-order valence-corrected chi connectivity index (χ0v) is 13.9. The van der Waals surface area contributed by atoms with Crippen molar-refractivity contribution in [2.75, 3.05) is 24.5 Å². The summed E-state index contributed by atoms with van der Waals surface area (Å²) in [6.45, 7) is 9.30. The molecule has 2 N–H and O–H groups in total. The molecule has 1 aromatic carbocycles. The van der Waals surface area contributed by atoms with Crippen LogP contribution in [0.5, 0.6) is 0 Å². The van der Waals surface area contributed by atoms with E-state index in [2.05, 4.69) is 50.5 Å². The van der Waals surface area contributed by atoms with Gasteiger partial charge in [-0.2, -0.15) is 0 Å². The predicted octanol–water partition coefficient (Wildman–Crippen LogP) is 2.27. The summed E-state index contributed by atoms with van der Waals surface area (Å²) < 4.78 is 1.04. The first kappa shape index (κ1) is 15.3. The number of hydrogen-bond acceptors (Lipinski definition) is 3. The van der Waals surface area contributed by atoms with Crippen molar-refractivity contribution in [1.29, 1.82) is 0 Å². The molecule has 1 aliphatic rings. The molecule has 110 valence electrons. The van der Waals surface area contributed by atoms with Crippen molar-refractivity contribution in [1.82, 2.24) is 10.6 Å². The molecule has 1 heterocycles. The van der Waals surface area contributed by atoms with Crippen molar-refractivity contribution < 1.29 is 4.79 Å². The summed E-state index contributed by atoms with van der Waals surface area (Å²) in [7, 11) is 0. The number of hydrogen-bond donors (Lipinski definition) is 2. The first-order valence-electron chi connectivity index (χ1n) is 7.02. The maximum absolute atomic E-state index is 12.1. The van der Waals surface area contributed by atoms with Gasteiger partial charge in [0.2, 0.25) is 5.91 Å². The van der Waals surface area contributed by atoms with Crippen molar-refractivity contribution in [2.45, 2.75) is 32.9 Å². The van der Waals surface area contributed by atoms with Crippen LogP contribution in [-0.2, 0) is 11.3 Å². The van der Waals surface area contributed by atoms with E-state index in [0.717, 1.165) is 29.8 Å². The van der Waals surface area contributed by atoms with E-state index in [1.54, 1.807) is 0 Å². The van der Waals surface area contributed by atoms with Crippen LogP contribution in [0.1, 0.15) is 26.3 Å². The number of nitrogens with one attached hydrogen (secondary N) is 2. The van der Waals surface area contributed by atoms with E-state index in [1.807, 2.05) is 19.9 Å².